The number of rotatable bonds is 4. The van der Waals surface area contributed by atoms with Crippen LogP contribution in [0.1, 0.15) is 20.7 Å². The van der Waals surface area contributed by atoms with E-state index >= 15 is 0 Å². The fourth-order valence-electron chi connectivity index (χ4n) is 2.35. The topological polar surface area (TPSA) is 79.3 Å². The minimum Gasteiger partial charge on any atom is -0.478 e. The Balaban J connectivity index is 1.96. The number of halogens is 1. The maximum Gasteiger partial charge on any atom is 0.337 e. The molecule has 0 aliphatic carbocycles. The van der Waals surface area contributed by atoms with E-state index in [2.05, 4.69) is 10.3 Å². The average Bonchev–Trinajstić information content (AvgIpc) is 2.62. The van der Waals surface area contributed by atoms with Crippen LogP contribution in [0.3, 0.4) is 0 Å². The van der Waals surface area contributed by atoms with Gasteiger partial charge in [-0.3, -0.25) is 4.79 Å². The molecule has 2 N–H and O–H groups in total. The standard InChI is InChI=1S/C19H13ClN2O3/c20-17-9-7-14(11-21-17)18(23)22-16-10-13(6-8-15(16)19(24)25)12-4-2-1-3-5-12/h1-11H,(H,22,23)(H,24,25). The van der Waals surface area contributed by atoms with Crippen molar-refractivity contribution >= 4 is 29.2 Å². The van der Waals surface area contributed by atoms with Gasteiger partial charge >= 0.3 is 5.97 Å². The van der Waals surface area contributed by atoms with Crippen molar-refractivity contribution in [1.29, 1.82) is 0 Å². The summed E-state index contributed by atoms with van der Waals surface area (Å²) < 4.78 is 0. The Bertz CT molecular complexity index is 925. The highest BCUT2D eigenvalue weighted by Crippen LogP contribution is 2.26. The Morgan fingerprint density at radius 1 is 0.960 bits per heavy atom. The second-order valence-electron chi connectivity index (χ2n) is 5.26. The van der Waals surface area contributed by atoms with Gasteiger partial charge in [0.15, 0.2) is 0 Å². The lowest BCUT2D eigenvalue weighted by molar-refractivity contribution is 0.0698. The highest BCUT2D eigenvalue weighted by molar-refractivity contribution is 6.29. The lowest BCUT2D eigenvalue weighted by Gasteiger charge is -2.11. The number of carbonyl (C=O) groups is 2. The van der Waals surface area contributed by atoms with Gasteiger partial charge < -0.3 is 10.4 Å². The van der Waals surface area contributed by atoms with Crippen LogP contribution < -0.4 is 5.32 Å². The molecule has 0 saturated heterocycles. The van der Waals surface area contributed by atoms with Gasteiger partial charge in [0.05, 0.1) is 16.8 Å². The monoisotopic (exact) mass is 352 g/mol. The van der Waals surface area contributed by atoms with Crippen molar-refractivity contribution in [2.24, 2.45) is 0 Å². The van der Waals surface area contributed by atoms with Crippen molar-refractivity contribution in [1.82, 2.24) is 4.98 Å². The maximum atomic E-state index is 12.4. The van der Waals surface area contributed by atoms with Crippen LogP contribution in [-0.2, 0) is 0 Å². The number of carbonyl (C=O) groups excluding carboxylic acids is 1. The number of aromatic carboxylic acids is 1. The van der Waals surface area contributed by atoms with Gasteiger partial charge in [-0.2, -0.15) is 0 Å². The van der Waals surface area contributed by atoms with E-state index in [0.717, 1.165) is 11.1 Å². The Kier molecular flexibility index (Phi) is 4.77. The van der Waals surface area contributed by atoms with E-state index in [4.69, 9.17) is 11.6 Å². The predicted octanol–water partition coefficient (Wildman–Crippen LogP) is 4.35. The van der Waals surface area contributed by atoms with Crippen LogP contribution in [-0.4, -0.2) is 22.0 Å². The van der Waals surface area contributed by atoms with E-state index in [-0.39, 0.29) is 22.0 Å². The number of hydrogen-bond acceptors (Lipinski definition) is 3. The van der Waals surface area contributed by atoms with Gasteiger partial charge in [-0.15, -0.1) is 0 Å². The Morgan fingerprint density at radius 3 is 2.36 bits per heavy atom. The van der Waals surface area contributed by atoms with E-state index < -0.39 is 11.9 Å². The second-order valence-corrected chi connectivity index (χ2v) is 5.64. The molecule has 3 aromatic rings. The summed E-state index contributed by atoms with van der Waals surface area (Å²) in [5.41, 5.74) is 2.23. The molecule has 2 aromatic carbocycles. The minimum atomic E-state index is -1.12. The largest absolute Gasteiger partial charge is 0.478 e. The normalized spacial score (nSPS) is 10.3. The van der Waals surface area contributed by atoms with Crippen LogP contribution in [0.4, 0.5) is 5.69 Å². The molecule has 1 amide bonds. The molecule has 124 valence electrons. The number of anilines is 1. The summed E-state index contributed by atoms with van der Waals surface area (Å²) in [5, 5.41) is 12.3. The van der Waals surface area contributed by atoms with E-state index in [0.29, 0.717) is 0 Å². The predicted molar refractivity (Wildman–Crippen MR) is 96.0 cm³/mol. The highest BCUT2D eigenvalue weighted by atomic mass is 35.5. The van der Waals surface area contributed by atoms with Crippen molar-refractivity contribution in [2.45, 2.75) is 0 Å². The van der Waals surface area contributed by atoms with Crippen LogP contribution in [0.15, 0.2) is 66.9 Å². The number of hydrogen-bond donors (Lipinski definition) is 2. The number of pyridine rings is 1. The zero-order chi connectivity index (χ0) is 17.8. The highest BCUT2D eigenvalue weighted by Gasteiger charge is 2.15. The number of carboxylic acid groups (broad SMARTS) is 1. The first kappa shape index (κ1) is 16.7. The summed E-state index contributed by atoms with van der Waals surface area (Å²) in [6, 6.07) is 17.3. The van der Waals surface area contributed by atoms with E-state index in [1.54, 1.807) is 12.1 Å². The van der Waals surface area contributed by atoms with Crippen molar-refractivity contribution in [3.63, 3.8) is 0 Å². The molecule has 3 rings (SSSR count). The number of amides is 1. The van der Waals surface area contributed by atoms with Crippen molar-refractivity contribution in [3.8, 4) is 11.1 Å². The van der Waals surface area contributed by atoms with Gasteiger partial charge in [0.2, 0.25) is 0 Å². The first-order valence-electron chi connectivity index (χ1n) is 7.40. The number of carboxylic acids is 1. The molecule has 6 heteroatoms. The van der Waals surface area contributed by atoms with Crippen LogP contribution in [0.2, 0.25) is 5.15 Å². The van der Waals surface area contributed by atoms with Crippen LogP contribution in [0.25, 0.3) is 11.1 Å². The quantitative estimate of drug-likeness (QED) is 0.684. The Labute approximate surface area is 148 Å². The van der Waals surface area contributed by atoms with Crippen LogP contribution >= 0.6 is 11.6 Å². The van der Waals surface area contributed by atoms with Gasteiger partial charge in [-0.1, -0.05) is 48.0 Å². The molecule has 0 radical (unpaired) electrons. The van der Waals surface area contributed by atoms with E-state index in [1.165, 1.54) is 24.4 Å². The van der Waals surface area contributed by atoms with Crippen LogP contribution in [0, 0.1) is 0 Å². The number of nitrogens with zero attached hydrogens (tertiary/aromatic N) is 1. The summed E-state index contributed by atoms with van der Waals surface area (Å²) in [6.45, 7) is 0. The molecule has 0 aliphatic rings. The number of nitrogens with one attached hydrogen (secondary N) is 1. The molecule has 0 atom stereocenters. The lowest BCUT2D eigenvalue weighted by Crippen LogP contribution is -2.15. The Hall–Kier alpha value is -3.18. The molecule has 5 nitrogen and oxygen atoms in total. The van der Waals surface area contributed by atoms with E-state index in [9.17, 15) is 14.7 Å². The smallest absolute Gasteiger partial charge is 0.337 e. The van der Waals surface area contributed by atoms with Gasteiger partial charge in [0.1, 0.15) is 5.15 Å². The number of benzene rings is 2. The fraction of sp³-hybridized carbons (Fsp3) is 0. The second kappa shape index (κ2) is 7.15. The molecule has 0 saturated carbocycles. The van der Waals surface area contributed by atoms with E-state index in [1.807, 2.05) is 30.3 Å². The van der Waals surface area contributed by atoms with Crippen molar-refractivity contribution in [3.05, 3.63) is 83.1 Å². The van der Waals surface area contributed by atoms with Gasteiger partial charge in [-0.25, -0.2) is 9.78 Å². The summed E-state index contributed by atoms with van der Waals surface area (Å²) in [5.74, 6) is -1.58. The molecular formula is C19H13ClN2O3. The third kappa shape index (κ3) is 3.84. The molecule has 25 heavy (non-hydrogen) atoms. The first-order chi connectivity index (χ1) is 12.0. The molecule has 1 aromatic heterocycles. The van der Waals surface area contributed by atoms with Gasteiger partial charge in [-0.05, 0) is 35.4 Å². The molecule has 1 heterocycles. The number of aromatic nitrogens is 1. The van der Waals surface area contributed by atoms with Crippen LogP contribution in [0.5, 0.6) is 0 Å². The molecule has 0 unspecified atom stereocenters. The third-order valence-corrected chi connectivity index (χ3v) is 3.82. The maximum absolute atomic E-state index is 12.4. The summed E-state index contributed by atoms with van der Waals surface area (Å²) in [6.07, 6.45) is 1.33. The SMILES string of the molecule is O=C(Nc1cc(-c2ccccc2)ccc1C(=O)O)c1ccc(Cl)nc1. The first-order valence-corrected chi connectivity index (χ1v) is 7.78. The Morgan fingerprint density at radius 2 is 1.72 bits per heavy atom. The summed E-state index contributed by atoms with van der Waals surface area (Å²) in [4.78, 5) is 27.7. The fourth-order valence-corrected chi connectivity index (χ4v) is 2.46. The summed E-state index contributed by atoms with van der Waals surface area (Å²) >= 11 is 5.71. The zero-order valence-electron chi connectivity index (χ0n) is 12.9. The van der Waals surface area contributed by atoms with Crippen molar-refractivity contribution in [2.75, 3.05) is 5.32 Å². The van der Waals surface area contributed by atoms with Gasteiger partial charge in [0, 0.05) is 6.20 Å². The van der Waals surface area contributed by atoms with Gasteiger partial charge in [0.25, 0.3) is 5.91 Å². The average molecular weight is 353 g/mol. The minimum absolute atomic E-state index is 0.00922. The molecular weight excluding hydrogens is 340 g/mol. The molecule has 0 bridgehead atoms. The molecule has 0 spiro atoms. The summed E-state index contributed by atoms with van der Waals surface area (Å²) in [7, 11) is 0. The lowest BCUT2D eigenvalue weighted by atomic mass is 10.0. The zero-order valence-corrected chi connectivity index (χ0v) is 13.7. The molecule has 0 aliphatic heterocycles. The van der Waals surface area contributed by atoms with Crippen molar-refractivity contribution < 1.29 is 14.7 Å². The molecule has 0 fully saturated rings. The third-order valence-electron chi connectivity index (χ3n) is 3.59.